The molecule has 46 heavy (non-hydrogen) atoms. The van der Waals surface area contributed by atoms with Gasteiger partial charge in [0.2, 0.25) is 5.91 Å². The Balaban J connectivity index is 1.06. The SMILES string of the molecule is Cc1n[nH]c(C)c1-c1ccc(NC(=O)C(NC(=O)C2(F)CC2)[C@@H]2CCc3ccc(-c4cncc(N5C[C@@H]6C[C@H]5CO6)c4)cc32)cc1. The molecule has 3 fully saturated rings. The van der Waals surface area contributed by atoms with Gasteiger partial charge < -0.3 is 20.3 Å². The van der Waals surface area contributed by atoms with E-state index in [-0.39, 0.29) is 30.8 Å². The Morgan fingerprint density at radius 1 is 1.07 bits per heavy atom. The molecule has 0 spiro atoms. The molecule has 1 unspecified atom stereocenters. The van der Waals surface area contributed by atoms with E-state index in [1.165, 1.54) is 0 Å². The minimum absolute atomic E-state index is 0.182. The molecule has 0 radical (unpaired) electrons. The minimum Gasteiger partial charge on any atom is -0.374 e. The van der Waals surface area contributed by atoms with Crippen LogP contribution in [0.3, 0.4) is 0 Å². The van der Waals surface area contributed by atoms with Gasteiger partial charge in [0.05, 0.1) is 36.3 Å². The second-order valence-corrected chi connectivity index (χ2v) is 13.3. The number of fused-ring (bicyclic) bond motifs is 3. The predicted molar refractivity (Wildman–Crippen MR) is 173 cm³/mol. The maximum Gasteiger partial charge on any atom is 0.258 e. The molecular weight excluding hydrogens is 583 g/mol. The number of rotatable bonds is 8. The number of aryl methyl sites for hydroxylation is 3. The summed E-state index contributed by atoms with van der Waals surface area (Å²) < 4.78 is 20.7. The van der Waals surface area contributed by atoms with Crippen LogP contribution >= 0.6 is 0 Å². The number of anilines is 2. The van der Waals surface area contributed by atoms with Crippen molar-refractivity contribution in [2.45, 2.75) is 75.7 Å². The molecule has 2 amide bonds. The Labute approximate surface area is 266 Å². The van der Waals surface area contributed by atoms with Crippen molar-refractivity contribution in [1.82, 2.24) is 20.5 Å². The zero-order chi connectivity index (χ0) is 31.6. The molecule has 4 heterocycles. The van der Waals surface area contributed by atoms with Gasteiger partial charge in [-0.15, -0.1) is 0 Å². The lowest BCUT2D eigenvalue weighted by Crippen LogP contribution is -2.50. The first-order chi connectivity index (χ1) is 22.3. The fourth-order valence-electron chi connectivity index (χ4n) is 7.49. The maximum atomic E-state index is 14.9. The third kappa shape index (κ3) is 5.14. The fourth-order valence-corrected chi connectivity index (χ4v) is 7.49. The largest absolute Gasteiger partial charge is 0.374 e. The van der Waals surface area contributed by atoms with E-state index in [1.807, 2.05) is 50.5 Å². The molecule has 2 aromatic carbocycles. The maximum absolute atomic E-state index is 14.9. The van der Waals surface area contributed by atoms with Crippen molar-refractivity contribution < 1.29 is 18.7 Å². The standard InChI is InChI=1S/C36H37FN6O3/c1-20-32(21(2)42-41-20)23-5-8-26(9-6-23)39-34(44)33(40-35(45)36(37)11-12-36)30-10-7-22-3-4-24(14-31(22)30)25-13-27(17-38-16-25)43-18-29-15-28(43)19-46-29/h3-6,8-9,13-14,16-17,28-30,33H,7,10-12,15,18-19H2,1-2H3,(H,39,44)(H,40,45)(H,41,42)/t28-,29-,30+,33?/m0/s1. The first-order valence-corrected chi connectivity index (χ1v) is 16.1. The van der Waals surface area contributed by atoms with Crippen molar-refractivity contribution in [1.29, 1.82) is 0 Å². The predicted octanol–water partition coefficient (Wildman–Crippen LogP) is 5.39. The van der Waals surface area contributed by atoms with Crippen molar-refractivity contribution in [2.75, 3.05) is 23.4 Å². The van der Waals surface area contributed by atoms with Gasteiger partial charge in [0.25, 0.3) is 5.91 Å². The summed E-state index contributed by atoms with van der Waals surface area (Å²) in [5.41, 5.74) is 7.80. The highest BCUT2D eigenvalue weighted by Gasteiger charge is 2.52. The lowest BCUT2D eigenvalue weighted by atomic mass is 9.90. The lowest BCUT2D eigenvalue weighted by molar-refractivity contribution is -0.131. The van der Waals surface area contributed by atoms with Crippen LogP contribution in [0.1, 0.15) is 54.1 Å². The zero-order valence-corrected chi connectivity index (χ0v) is 26.0. The van der Waals surface area contributed by atoms with Gasteiger partial charge in [-0.2, -0.15) is 5.10 Å². The van der Waals surface area contributed by atoms with Crippen LogP contribution in [0.4, 0.5) is 15.8 Å². The number of ether oxygens (including phenoxy) is 1. The number of carbonyl (C=O) groups is 2. The van der Waals surface area contributed by atoms with Gasteiger partial charge in [0.15, 0.2) is 5.67 Å². The molecule has 9 nitrogen and oxygen atoms in total. The normalized spacial score (nSPS) is 22.8. The highest BCUT2D eigenvalue weighted by atomic mass is 19.1. The summed E-state index contributed by atoms with van der Waals surface area (Å²) >= 11 is 0. The molecule has 4 aliphatic rings. The van der Waals surface area contributed by atoms with Crippen LogP contribution in [0.2, 0.25) is 0 Å². The van der Waals surface area contributed by atoms with Crippen LogP contribution in [-0.2, 0) is 20.7 Å². The molecule has 2 aromatic heterocycles. The summed E-state index contributed by atoms with van der Waals surface area (Å²) in [5.74, 6) is -1.38. The number of hydrogen-bond acceptors (Lipinski definition) is 6. The molecule has 10 heteroatoms. The number of carbonyl (C=O) groups excluding carboxylic acids is 2. The summed E-state index contributed by atoms with van der Waals surface area (Å²) in [6.07, 6.45) is 6.91. The topological polar surface area (TPSA) is 112 Å². The van der Waals surface area contributed by atoms with Gasteiger partial charge >= 0.3 is 0 Å². The summed E-state index contributed by atoms with van der Waals surface area (Å²) in [7, 11) is 0. The van der Waals surface area contributed by atoms with Gasteiger partial charge in [-0.05, 0) is 86.4 Å². The lowest BCUT2D eigenvalue weighted by Gasteiger charge is -2.29. The molecule has 4 atom stereocenters. The number of nitrogens with one attached hydrogen (secondary N) is 3. The summed E-state index contributed by atoms with van der Waals surface area (Å²) in [6.45, 7) is 5.54. The molecular formula is C36H37FN6O3. The van der Waals surface area contributed by atoms with Crippen molar-refractivity contribution in [3.63, 3.8) is 0 Å². The molecule has 2 bridgehead atoms. The third-order valence-electron chi connectivity index (χ3n) is 10.2. The van der Waals surface area contributed by atoms with Crippen LogP contribution in [0.25, 0.3) is 22.3 Å². The molecule has 2 aliphatic carbocycles. The monoisotopic (exact) mass is 620 g/mol. The van der Waals surface area contributed by atoms with Crippen LogP contribution in [0, 0.1) is 13.8 Å². The minimum atomic E-state index is -1.89. The van der Waals surface area contributed by atoms with Crippen LogP contribution in [0.15, 0.2) is 60.9 Å². The number of amides is 2. The number of aromatic amines is 1. The van der Waals surface area contributed by atoms with E-state index in [0.717, 1.165) is 76.4 Å². The van der Waals surface area contributed by atoms with Crippen molar-refractivity contribution in [3.8, 4) is 22.3 Å². The van der Waals surface area contributed by atoms with Crippen LogP contribution in [-0.4, -0.2) is 64.0 Å². The first kappa shape index (κ1) is 28.9. The summed E-state index contributed by atoms with van der Waals surface area (Å²) in [5, 5.41) is 13.1. The number of pyridine rings is 1. The van der Waals surface area contributed by atoms with Crippen LogP contribution in [0.5, 0.6) is 0 Å². The number of alkyl halides is 1. The van der Waals surface area contributed by atoms with Crippen molar-refractivity contribution in [3.05, 3.63) is 83.4 Å². The number of H-pyrrole nitrogens is 1. The number of morpholine rings is 1. The molecule has 2 aliphatic heterocycles. The highest BCUT2D eigenvalue weighted by Crippen LogP contribution is 2.43. The van der Waals surface area contributed by atoms with Gasteiger partial charge in [-0.1, -0.05) is 30.3 Å². The smallest absolute Gasteiger partial charge is 0.258 e. The Hall–Kier alpha value is -4.57. The van der Waals surface area contributed by atoms with E-state index in [4.69, 9.17) is 4.74 Å². The quantitative estimate of drug-likeness (QED) is 0.244. The van der Waals surface area contributed by atoms with Gasteiger partial charge in [0.1, 0.15) is 6.04 Å². The van der Waals surface area contributed by atoms with E-state index in [1.54, 1.807) is 0 Å². The van der Waals surface area contributed by atoms with E-state index in [9.17, 15) is 14.0 Å². The summed E-state index contributed by atoms with van der Waals surface area (Å²) in [4.78, 5) is 33.9. The average molecular weight is 621 g/mol. The van der Waals surface area contributed by atoms with E-state index in [0.29, 0.717) is 18.2 Å². The number of hydrogen-bond donors (Lipinski definition) is 3. The highest BCUT2D eigenvalue weighted by molar-refractivity contribution is 6.00. The van der Waals surface area contributed by atoms with E-state index in [2.05, 4.69) is 55.0 Å². The van der Waals surface area contributed by atoms with Crippen molar-refractivity contribution >= 4 is 23.2 Å². The zero-order valence-electron chi connectivity index (χ0n) is 26.0. The molecule has 4 aromatic rings. The number of nitrogens with zero attached hydrogens (tertiary/aromatic N) is 3. The van der Waals surface area contributed by atoms with E-state index < -0.39 is 17.6 Å². The Bertz CT molecular complexity index is 1810. The first-order valence-electron chi connectivity index (χ1n) is 16.1. The summed E-state index contributed by atoms with van der Waals surface area (Å²) in [6, 6.07) is 15.5. The van der Waals surface area contributed by atoms with Crippen molar-refractivity contribution in [2.24, 2.45) is 0 Å². The second-order valence-electron chi connectivity index (χ2n) is 13.3. The average Bonchev–Trinajstić information content (AvgIpc) is 3.47. The number of aromatic nitrogens is 3. The molecule has 236 valence electrons. The second kappa shape index (κ2) is 11.0. The van der Waals surface area contributed by atoms with Gasteiger partial charge in [0, 0.05) is 41.2 Å². The Morgan fingerprint density at radius 2 is 1.87 bits per heavy atom. The number of halogens is 1. The van der Waals surface area contributed by atoms with Gasteiger partial charge in [-0.25, -0.2) is 4.39 Å². The van der Waals surface area contributed by atoms with E-state index >= 15 is 0 Å². The Morgan fingerprint density at radius 3 is 2.57 bits per heavy atom. The van der Waals surface area contributed by atoms with Crippen LogP contribution < -0.4 is 15.5 Å². The third-order valence-corrected chi connectivity index (χ3v) is 10.2. The molecule has 3 N–H and O–H groups in total. The molecule has 8 rings (SSSR count). The molecule has 1 saturated carbocycles. The Kier molecular flexibility index (Phi) is 6.93. The molecule has 2 saturated heterocycles. The van der Waals surface area contributed by atoms with Gasteiger partial charge in [-0.3, -0.25) is 19.7 Å². The number of benzene rings is 2. The fraction of sp³-hybridized carbons (Fsp3) is 0.389.